The van der Waals surface area contributed by atoms with Crippen molar-refractivity contribution in [2.45, 2.75) is 51.0 Å². The topological polar surface area (TPSA) is 94.8 Å². The lowest BCUT2D eigenvalue weighted by molar-refractivity contribution is -0.141. The number of carbonyl (C=O) groups excluding carboxylic acids is 2. The van der Waals surface area contributed by atoms with E-state index < -0.39 is 15.8 Å². The number of amides is 1. The van der Waals surface area contributed by atoms with Gasteiger partial charge >= 0.3 is 5.97 Å². The van der Waals surface area contributed by atoms with E-state index in [1.165, 1.54) is 24.5 Å². The third-order valence-electron chi connectivity index (χ3n) is 4.43. The Labute approximate surface area is 169 Å². The molecule has 2 aromatic rings. The number of fused-ring (bicyclic) bond motifs is 1. The van der Waals surface area contributed by atoms with Gasteiger partial charge in [-0.15, -0.1) is 0 Å². The summed E-state index contributed by atoms with van der Waals surface area (Å²) in [5.74, 6) is -0.838. The van der Waals surface area contributed by atoms with Crippen molar-refractivity contribution in [3.05, 3.63) is 23.0 Å². The number of hydrogen-bond donors (Lipinski definition) is 0. The number of benzene rings is 1. The van der Waals surface area contributed by atoms with Gasteiger partial charge in [-0.05, 0) is 31.0 Å². The molecule has 1 aromatic heterocycles. The number of nitrogens with zero attached hydrogens (tertiary/aromatic N) is 2. The first-order chi connectivity index (χ1) is 13.2. The SMILES string of the molecule is CCCC(CCC)C(=O)N=c1sc2cc(S(C)(=O)=O)ccc2n1CC(=O)OC. The van der Waals surface area contributed by atoms with E-state index in [1.54, 1.807) is 16.7 Å². The van der Waals surface area contributed by atoms with Crippen molar-refractivity contribution in [2.75, 3.05) is 13.4 Å². The summed E-state index contributed by atoms with van der Waals surface area (Å²) in [5, 5.41) is 0. The summed E-state index contributed by atoms with van der Waals surface area (Å²) in [5.41, 5.74) is 0.636. The second kappa shape index (κ2) is 9.47. The van der Waals surface area contributed by atoms with Gasteiger partial charge in [0.15, 0.2) is 14.6 Å². The van der Waals surface area contributed by atoms with Crippen LogP contribution in [-0.4, -0.2) is 38.2 Å². The highest BCUT2D eigenvalue weighted by Crippen LogP contribution is 2.22. The molecule has 0 fully saturated rings. The van der Waals surface area contributed by atoms with Crippen molar-refractivity contribution < 1.29 is 22.7 Å². The largest absolute Gasteiger partial charge is 0.468 e. The van der Waals surface area contributed by atoms with E-state index in [-0.39, 0.29) is 23.3 Å². The number of ether oxygens (including phenoxy) is 1. The summed E-state index contributed by atoms with van der Waals surface area (Å²) in [4.78, 5) is 29.4. The third-order valence-corrected chi connectivity index (χ3v) is 6.58. The normalized spacial score (nSPS) is 12.7. The minimum absolute atomic E-state index is 0.104. The van der Waals surface area contributed by atoms with Crippen molar-refractivity contribution in [3.8, 4) is 0 Å². The van der Waals surface area contributed by atoms with Crippen LogP contribution in [0.1, 0.15) is 39.5 Å². The Kier molecular flexibility index (Phi) is 7.54. The molecule has 1 aromatic carbocycles. The standard InChI is InChI=1S/C19H26N2O5S2/c1-5-7-13(8-6-2)18(23)20-19-21(12-17(22)26-3)15-10-9-14(28(4,24)25)11-16(15)27-19/h9-11,13H,5-8,12H2,1-4H3. The number of aromatic nitrogens is 1. The predicted octanol–water partition coefficient (Wildman–Crippen LogP) is 2.92. The van der Waals surface area contributed by atoms with Crippen LogP contribution in [0.25, 0.3) is 10.2 Å². The number of methoxy groups -OCH3 is 1. The monoisotopic (exact) mass is 426 g/mol. The molecule has 1 heterocycles. The first-order valence-electron chi connectivity index (χ1n) is 9.20. The number of sulfone groups is 1. The molecule has 1 amide bonds. The van der Waals surface area contributed by atoms with Crippen LogP contribution in [-0.2, 0) is 30.7 Å². The highest BCUT2D eigenvalue weighted by atomic mass is 32.2. The maximum absolute atomic E-state index is 12.7. The molecule has 2 rings (SSSR count). The fourth-order valence-corrected chi connectivity index (χ4v) is 4.79. The number of rotatable bonds is 8. The summed E-state index contributed by atoms with van der Waals surface area (Å²) in [6, 6.07) is 4.66. The first-order valence-corrected chi connectivity index (χ1v) is 11.9. The molecule has 0 N–H and O–H groups in total. The Hall–Kier alpha value is -2.00. The van der Waals surface area contributed by atoms with Gasteiger partial charge in [0.05, 0.1) is 22.2 Å². The van der Waals surface area contributed by atoms with Crippen LogP contribution in [0.5, 0.6) is 0 Å². The lowest BCUT2D eigenvalue weighted by atomic mass is 9.98. The molecule has 154 valence electrons. The van der Waals surface area contributed by atoms with Crippen molar-refractivity contribution in [3.63, 3.8) is 0 Å². The van der Waals surface area contributed by atoms with Crippen molar-refractivity contribution >= 4 is 43.3 Å². The summed E-state index contributed by atoms with van der Waals surface area (Å²) in [6.07, 6.45) is 4.43. The Balaban J connectivity index is 2.63. The summed E-state index contributed by atoms with van der Waals surface area (Å²) >= 11 is 1.19. The van der Waals surface area contributed by atoms with Gasteiger partial charge in [-0.25, -0.2) is 8.42 Å². The zero-order valence-corrected chi connectivity index (χ0v) is 18.2. The molecule has 7 nitrogen and oxygen atoms in total. The molecule has 0 atom stereocenters. The lowest BCUT2D eigenvalue weighted by Gasteiger charge is -2.10. The smallest absolute Gasteiger partial charge is 0.325 e. The van der Waals surface area contributed by atoms with Gasteiger partial charge in [0.2, 0.25) is 0 Å². The maximum Gasteiger partial charge on any atom is 0.325 e. The lowest BCUT2D eigenvalue weighted by Crippen LogP contribution is -2.24. The molecule has 0 aliphatic rings. The van der Waals surface area contributed by atoms with Gasteiger partial charge < -0.3 is 9.30 Å². The molecular formula is C19H26N2O5S2. The summed E-state index contributed by atoms with van der Waals surface area (Å²) < 4.78 is 30.7. The van der Waals surface area contributed by atoms with Gasteiger partial charge in [-0.3, -0.25) is 9.59 Å². The average Bonchev–Trinajstić information content (AvgIpc) is 2.97. The van der Waals surface area contributed by atoms with Crippen LogP contribution in [0.3, 0.4) is 0 Å². The van der Waals surface area contributed by atoms with E-state index >= 15 is 0 Å². The Morgan fingerprint density at radius 3 is 2.39 bits per heavy atom. The molecule has 0 spiro atoms. The van der Waals surface area contributed by atoms with E-state index in [1.807, 2.05) is 13.8 Å². The quantitative estimate of drug-likeness (QED) is 0.605. The summed E-state index contributed by atoms with van der Waals surface area (Å²) in [6.45, 7) is 3.95. The summed E-state index contributed by atoms with van der Waals surface area (Å²) in [7, 11) is -2.08. The highest BCUT2D eigenvalue weighted by Gasteiger charge is 2.18. The molecule has 0 bridgehead atoms. The van der Waals surface area contributed by atoms with Gasteiger partial charge in [0.1, 0.15) is 6.54 Å². The number of hydrogen-bond acceptors (Lipinski definition) is 6. The number of esters is 1. The highest BCUT2D eigenvalue weighted by molar-refractivity contribution is 7.90. The Morgan fingerprint density at radius 1 is 1.21 bits per heavy atom. The van der Waals surface area contributed by atoms with Gasteiger partial charge in [0, 0.05) is 12.2 Å². The van der Waals surface area contributed by atoms with E-state index in [4.69, 9.17) is 4.74 Å². The van der Waals surface area contributed by atoms with Crippen LogP contribution in [0.4, 0.5) is 0 Å². The van der Waals surface area contributed by atoms with Gasteiger partial charge in [-0.1, -0.05) is 38.0 Å². The zero-order valence-electron chi connectivity index (χ0n) is 16.6. The number of thiazole rings is 1. The molecule has 0 aliphatic heterocycles. The molecule has 0 aliphatic carbocycles. The minimum atomic E-state index is -3.37. The Bertz CT molecular complexity index is 1030. The molecule has 28 heavy (non-hydrogen) atoms. The molecular weight excluding hydrogens is 400 g/mol. The van der Waals surface area contributed by atoms with Crippen LogP contribution in [0, 0.1) is 5.92 Å². The van der Waals surface area contributed by atoms with Crippen LogP contribution in [0.15, 0.2) is 28.1 Å². The van der Waals surface area contributed by atoms with E-state index in [0.717, 1.165) is 31.9 Å². The molecule has 0 saturated carbocycles. The van der Waals surface area contributed by atoms with Crippen LogP contribution < -0.4 is 4.80 Å². The predicted molar refractivity (Wildman–Crippen MR) is 109 cm³/mol. The fraction of sp³-hybridized carbons (Fsp3) is 0.526. The molecule has 0 saturated heterocycles. The second-order valence-electron chi connectivity index (χ2n) is 6.67. The first kappa shape index (κ1) is 22.3. The van der Waals surface area contributed by atoms with Crippen molar-refractivity contribution in [2.24, 2.45) is 10.9 Å². The second-order valence-corrected chi connectivity index (χ2v) is 9.70. The van der Waals surface area contributed by atoms with Gasteiger partial charge in [0.25, 0.3) is 5.91 Å². The maximum atomic E-state index is 12.7. The molecule has 0 unspecified atom stereocenters. The zero-order chi connectivity index (χ0) is 20.9. The van der Waals surface area contributed by atoms with Gasteiger partial charge in [-0.2, -0.15) is 4.99 Å². The number of carbonyl (C=O) groups is 2. The van der Waals surface area contributed by atoms with Crippen molar-refractivity contribution in [1.29, 1.82) is 0 Å². The molecule has 0 radical (unpaired) electrons. The van der Waals surface area contributed by atoms with Crippen LogP contribution in [0.2, 0.25) is 0 Å². The van der Waals surface area contributed by atoms with E-state index in [9.17, 15) is 18.0 Å². The Morgan fingerprint density at radius 2 is 1.86 bits per heavy atom. The van der Waals surface area contributed by atoms with E-state index in [0.29, 0.717) is 15.0 Å². The average molecular weight is 427 g/mol. The molecule has 9 heteroatoms. The van der Waals surface area contributed by atoms with E-state index in [2.05, 4.69) is 4.99 Å². The fourth-order valence-electron chi connectivity index (χ4n) is 2.99. The minimum Gasteiger partial charge on any atom is -0.468 e. The van der Waals surface area contributed by atoms with Crippen LogP contribution >= 0.6 is 11.3 Å². The van der Waals surface area contributed by atoms with Crippen molar-refractivity contribution in [1.82, 2.24) is 4.57 Å². The third kappa shape index (κ3) is 5.29.